The third-order valence-corrected chi connectivity index (χ3v) is 5.30. The molecule has 8 heteroatoms. The van der Waals surface area contributed by atoms with Gasteiger partial charge in [0.05, 0.1) is 28.5 Å². The average Bonchev–Trinajstić information content (AvgIpc) is 3.04. The van der Waals surface area contributed by atoms with E-state index >= 15 is 0 Å². The molecule has 0 aliphatic carbocycles. The molecule has 0 bridgehead atoms. The topological polar surface area (TPSA) is 70.1 Å². The number of halogens is 2. The molecule has 0 spiro atoms. The Hall–Kier alpha value is -2.54. The van der Waals surface area contributed by atoms with Crippen molar-refractivity contribution in [3.63, 3.8) is 0 Å². The zero-order chi connectivity index (χ0) is 20.3. The van der Waals surface area contributed by atoms with Crippen LogP contribution in [0.3, 0.4) is 0 Å². The Morgan fingerprint density at radius 3 is 2.64 bits per heavy atom. The highest BCUT2D eigenvalue weighted by Gasteiger charge is 2.10. The molecule has 3 rings (SSSR count). The van der Waals surface area contributed by atoms with E-state index in [9.17, 15) is 10.2 Å². The summed E-state index contributed by atoms with van der Waals surface area (Å²) in [5, 5.41) is 26.8. The maximum atomic E-state index is 9.99. The lowest BCUT2D eigenvalue weighted by Gasteiger charge is -2.06. The first kappa shape index (κ1) is 20.2. The van der Waals surface area contributed by atoms with Crippen LogP contribution >= 0.6 is 34.5 Å². The maximum absolute atomic E-state index is 9.99. The van der Waals surface area contributed by atoms with Crippen LogP contribution < -0.4 is 4.80 Å². The fourth-order valence-electron chi connectivity index (χ4n) is 2.34. The van der Waals surface area contributed by atoms with Crippen molar-refractivity contribution >= 4 is 40.8 Å². The van der Waals surface area contributed by atoms with Gasteiger partial charge in [-0.3, -0.25) is 4.99 Å². The van der Waals surface area contributed by atoms with Gasteiger partial charge >= 0.3 is 0 Å². The van der Waals surface area contributed by atoms with Crippen LogP contribution in [0.15, 0.2) is 64.0 Å². The van der Waals surface area contributed by atoms with Crippen molar-refractivity contribution in [2.45, 2.75) is 6.92 Å². The van der Waals surface area contributed by atoms with E-state index in [4.69, 9.17) is 23.2 Å². The third-order valence-electron chi connectivity index (χ3n) is 3.71. The van der Waals surface area contributed by atoms with Crippen LogP contribution in [0.4, 0.5) is 0 Å². The third kappa shape index (κ3) is 4.65. The number of rotatable bonds is 5. The molecule has 2 N–H and O–H groups in total. The second-order valence-corrected chi connectivity index (χ2v) is 7.76. The summed E-state index contributed by atoms with van der Waals surface area (Å²) in [6, 6.07) is 9.64. The first-order chi connectivity index (χ1) is 13.3. The Morgan fingerprint density at radius 1 is 1.18 bits per heavy atom. The first-order valence-corrected chi connectivity index (χ1v) is 9.86. The Morgan fingerprint density at radius 2 is 1.96 bits per heavy atom. The molecule has 28 heavy (non-hydrogen) atoms. The SMILES string of the molecule is C=C(C)CN=c1scc(-c2ccc(Cl)c(Cl)c2)n1N=Cc1ccc(O)cc1O. The number of hydrogen-bond acceptors (Lipinski definition) is 5. The summed E-state index contributed by atoms with van der Waals surface area (Å²) in [5.41, 5.74) is 2.99. The summed E-state index contributed by atoms with van der Waals surface area (Å²) >= 11 is 13.6. The van der Waals surface area contributed by atoms with E-state index in [1.54, 1.807) is 22.9 Å². The molecule has 0 aliphatic heterocycles. The molecule has 5 nitrogen and oxygen atoms in total. The highest BCUT2D eigenvalue weighted by atomic mass is 35.5. The molecule has 3 aromatic rings. The van der Waals surface area contributed by atoms with Gasteiger partial charge in [0.2, 0.25) is 4.80 Å². The van der Waals surface area contributed by atoms with Gasteiger partial charge in [-0.2, -0.15) is 5.10 Å². The van der Waals surface area contributed by atoms with Crippen LogP contribution in [0.2, 0.25) is 10.0 Å². The van der Waals surface area contributed by atoms with Crippen LogP contribution in [-0.2, 0) is 0 Å². The second kappa shape index (κ2) is 8.65. The lowest BCUT2D eigenvalue weighted by atomic mass is 10.2. The lowest BCUT2D eigenvalue weighted by molar-refractivity contribution is 0.450. The number of aromatic nitrogens is 1. The summed E-state index contributed by atoms with van der Waals surface area (Å²) in [6.07, 6.45) is 1.50. The molecule has 0 radical (unpaired) electrons. The van der Waals surface area contributed by atoms with Gasteiger partial charge in [-0.05, 0) is 31.2 Å². The Labute approximate surface area is 176 Å². The van der Waals surface area contributed by atoms with Crippen LogP contribution in [-0.4, -0.2) is 27.6 Å². The minimum Gasteiger partial charge on any atom is -0.508 e. The first-order valence-electron chi connectivity index (χ1n) is 8.22. The van der Waals surface area contributed by atoms with E-state index in [0.29, 0.717) is 27.0 Å². The van der Waals surface area contributed by atoms with Crippen molar-refractivity contribution in [3.8, 4) is 22.8 Å². The molecule has 0 atom stereocenters. The molecule has 1 heterocycles. The molecule has 2 aromatic carbocycles. The fourth-order valence-corrected chi connectivity index (χ4v) is 3.47. The van der Waals surface area contributed by atoms with Gasteiger partial charge in [-0.25, -0.2) is 4.68 Å². The number of phenols is 2. The van der Waals surface area contributed by atoms with Crippen molar-refractivity contribution in [2.24, 2.45) is 10.1 Å². The van der Waals surface area contributed by atoms with Gasteiger partial charge in [-0.1, -0.05) is 41.4 Å². The number of thiazole rings is 1. The molecule has 0 saturated heterocycles. The molecule has 144 valence electrons. The lowest BCUT2D eigenvalue weighted by Crippen LogP contribution is -2.13. The van der Waals surface area contributed by atoms with Crippen LogP contribution in [0, 0.1) is 0 Å². The van der Waals surface area contributed by atoms with E-state index in [-0.39, 0.29) is 11.5 Å². The van der Waals surface area contributed by atoms with Gasteiger partial charge in [0.15, 0.2) is 0 Å². The zero-order valence-electron chi connectivity index (χ0n) is 14.9. The fraction of sp³-hybridized carbons (Fsp3) is 0.100. The Kier molecular flexibility index (Phi) is 6.24. The molecule has 0 amide bonds. The van der Waals surface area contributed by atoms with Gasteiger partial charge in [0, 0.05) is 22.6 Å². The highest BCUT2D eigenvalue weighted by Crippen LogP contribution is 2.29. The van der Waals surface area contributed by atoms with E-state index in [1.807, 2.05) is 18.4 Å². The maximum Gasteiger partial charge on any atom is 0.206 e. The van der Waals surface area contributed by atoms with Crippen LogP contribution in [0.1, 0.15) is 12.5 Å². The van der Waals surface area contributed by atoms with Gasteiger partial charge in [0.25, 0.3) is 0 Å². The van der Waals surface area contributed by atoms with Gasteiger partial charge in [0.1, 0.15) is 11.5 Å². The Bertz CT molecular complexity index is 1130. The normalized spacial score (nSPS) is 12.0. The standard InChI is InChI=1S/C20H17Cl2N3O2S/c1-12(2)9-23-20-25(24-10-14-3-5-15(26)8-19(14)27)18(11-28-20)13-4-6-16(21)17(22)7-13/h3-8,10-11,26-27H,1,9H2,2H3. The van der Waals surface area contributed by atoms with Crippen LogP contribution in [0.5, 0.6) is 11.5 Å². The van der Waals surface area contributed by atoms with E-state index in [0.717, 1.165) is 16.8 Å². The quantitative estimate of drug-likeness (QED) is 0.423. The summed E-state index contributed by atoms with van der Waals surface area (Å²) in [6.45, 7) is 6.25. The number of benzene rings is 2. The van der Waals surface area contributed by atoms with E-state index < -0.39 is 0 Å². The zero-order valence-corrected chi connectivity index (χ0v) is 17.3. The molecular formula is C20H17Cl2N3O2S. The van der Waals surface area contributed by atoms with Crippen molar-refractivity contribution in [2.75, 3.05) is 6.54 Å². The van der Waals surface area contributed by atoms with Gasteiger partial charge in [-0.15, -0.1) is 11.3 Å². The highest BCUT2D eigenvalue weighted by molar-refractivity contribution is 7.07. The molecular weight excluding hydrogens is 417 g/mol. The number of phenolic OH excluding ortho intramolecular Hbond substituents is 2. The molecule has 1 aromatic heterocycles. The average molecular weight is 434 g/mol. The van der Waals surface area contributed by atoms with Crippen molar-refractivity contribution in [1.82, 2.24) is 4.68 Å². The van der Waals surface area contributed by atoms with Crippen molar-refractivity contribution in [3.05, 3.63) is 74.3 Å². The summed E-state index contributed by atoms with van der Waals surface area (Å²) < 4.78 is 1.67. The predicted octanol–water partition coefficient (Wildman–Crippen LogP) is 5.29. The van der Waals surface area contributed by atoms with Crippen LogP contribution in [0.25, 0.3) is 11.3 Å². The molecule has 0 fully saturated rings. The van der Waals surface area contributed by atoms with Gasteiger partial charge < -0.3 is 10.2 Å². The number of nitrogens with zero attached hydrogens (tertiary/aromatic N) is 3. The van der Waals surface area contributed by atoms with Crippen molar-refractivity contribution in [1.29, 1.82) is 0 Å². The number of aromatic hydroxyl groups is 2. The molecule has 0 unspecified atom stereocenters. The minimum atomic E-state index is -0.0731. The van der Waals surface area contributed by atoms with E-state index in [2.05, 4.69) is 16.7 Å². The second-order valence-electron chi connectivity index (χ2n) is 6.11. The minimum absolute atomic E-state index is 0.0218. The summed E-state index contributed by atoms with van der Waals surface area (Å²) in [7, 11) is 0. The smallest absolute Gasteiger partial charge is 0.206 e. The monoisotopic (exact) mass is 433 g/mol. The molecule has 0 saturated carbocycles. The Balaban J connectivity index is 2.11. The summed E-state index contributed by atoms with van der Waals surface area (Å²) in [4.78, 5) is 5.21. The predicted molar refractivity (Wildman–Crippen MR) is 116 cm³/mol. The van der Waals surface area contributed by atoms with E-state index in [1.165, 1.54) is 29.7 Å². The largest absolute Gasteiger partial charge is 0.508 e. The number of hydrogen-bond donors (Lipinski definition) is 2. The molecule has 0 aliphatic rings. The van der Waals surface area contributed by atoms with Crippen molar-refractivity contribution < 1.29 is 10.2 Å². The summed E-state index contributed by atoms with van der Waals surface area (Å²) in [5.74, 6) is -0.0948.